The molecule has 2 N–H and O–H groups in total. The first-order valence-corrected chi connectivity index (χ1v) is 3.31. The van der Waals surface area contributed by atoms with Crippen molar-refractivity contribution in [3.63, 3.8) is 0 Å². The maximum Gasteiger partial charge on any atom is 0.101 e. The lowest BCUT2D eigenvalue weighted by Gasteiger charge is -2.24. The van der Waals surface area contributed by atoms with Crippen LogP contribution in [0.3, 0.4) is 0 Å². The molecule has 0 spiro atoms. The summed E-state index contributed by atoms with van der Waals surface area (Å²) in [6.07, 6.45) is 4.29. The average molecular weight is 140 g/mol. The van der Waals surface area contributed by atoms with Crippen molar-refractivity contribution in [2.75, 3.05) is 0 Å². The van der Waals surface area contributed by atoms with Crippen LogP contribution < -0.4 is 0 Å². The number of aliphatic hydroxyl groups excluding tert-OH is 1. The lowest BCUT2D eigenvalue weighted by Crippen LogP contribution is -2.27. The minimum Gasteiger partial charge on any atom is -0.385 e. The molecule has 0 saturated heterocycles. The molecular weight excluding hydrogens is 128 g/mol. The van der Waals surface area contributed by atoms with Crippen molar-refractivity contribution in [2.45, 2.75) is 25.6 Å². The number of hydrogen-bond acceptors (Lipinski definition) is 2. The van der Waals surface area contributed by atoms with Crippen LogP contribution in [-0.2, 0) is 0 Å². The van der Waals surface area contributed by atoms with E-state index in [1.54, 1.807) is 32.1 Å². The third kappa shape index (κ3) is 1.28. The molecule has 0 aromatic carbocycles. The summed E-state index contributed by atoms with van der Waals surface area (Å²) in [7, 11) is 0. The van der Waals surface area contributed by atoms with Gasteiger partial charge in [-0.25, -0.2) is 0 Å². The van der Waals surface area contributed by atoms with E-state index in [0.717, 1.165) is 5.57 Å². The summed E-state index contributed by atoms with van der Waals surface area (Å²) < 4.78 is 0. The van der Waals surface area contributed by atoms with Crippen LogP contribution in [-0.4, -0.2) is 21.9 Å². The Kier molecular flexibility index (Phi) is 1.67. The van der Waals surface area contributed by atoms with Crippen molar-refractivity contribution in [2.24, 2.45) is 0 Å². The first-order chi connectivity index (χ1) is 4.52. The smallest absolute Gasteiger partial charge is 0.101 e. The highest BCUT2D eigenvalue weighted by Gasteiger charge is 2.22. The van der Waals surface area contributed by atoms with Gasteiger partial charge in [0.05, 0.1) is 6.10 Å². The van der Waals surface area contributed by atoms with Gasteiger partial charge in [0, 0.05) is 0 Å². The van der Waals surface area contributed by atoms with E-state index in [9.17, 15) is 5.11 Å². The molecule has 0 saturated carbocycles. The monoisotopic (exact) mass is 140 g/mol. The van der Waals surface area contributed by atoms with Gasteiger partial charge in [0.1, 0.15) is 5.60 Å². The van der Waals surface area contributed by atoms with E-state index in [4.69, 9.17) is 5.11 Å². The van der Waals surface area contributed by atoms with E-state index in [2.05, 4.69) is 0 Å². The summed E-state index contributed by atoms with van der Waals surface area (Å²) >= 11 is 0. The second kappa shape index (κ2) is 2.22. The molecule has 0 aromatic heterocycles. The molecule has 0 aromatic rings. The van der Waals surface area contributed by atoms with E-state index in [-0.39, 0.29) is 0 Å². The fraction of sp³-hybridized carbons (Fsp3) is 0.500. The summed E-state index contributed by atoms with van der Waals surface area (Å²) in [6, 6.07) is 0. The largest absolute Gasteiger partial charge is 0.385 e. The predicted molar refractivity (Wildman–Crippen MR) is 39.5 cm³/mol. The van der Waals surface area contributed by atoms with Gasteiger partial charge < -0.3 is 10.2 Å². The highest BCUT2D eigenvalue weighted by atomic mass is 16.3. The Bertz CT molecular complexity index is 189. The molecule has 56 valence electrons. The van der Waals surface area contributed by atoms with Gasteiger partial charge in [-0.15, -0.1) is 0 Å². The molecule has 1 rings (SSSR count). The zero-order valence-electron chi connectivity index (χ0n) is 6.20. The fourth-order valence-electron chi connectivity index (χ4n) is 0.898. The van der Waals surface area contributed by atoms with Crippen LogP contribution in [0.2, 0.25) is 0 Å². The molecule has 0 aliphatic heterocycles. The molecule has 0 heterocycles. The van der Waals surface area contributed by atoms with Crippen molar-refractivity contribution in [3.8, 4) is 0 Å². The molecule has 2 atom stereocenters. The van der Waals surface area contributed by atoms with E-state index in [1.165, 1.54) is 0 Å². The molecule has 2 nitrogen and oxygen atoms in total. The highest BCUT2D eigenvalue weighted by molar-refractivity contribution is 5.29. The van der Waals surface area contributed by atoms with Crippen LogP contribution in [0.25, 0.3) is 0 Å². The fourth-order valence-corrected chi connectivity index (χ4v) is 0.898. The van der Waals surface area contributed by atoms with Gasteiger partial charge in [0.2, 0.25) is 0 Å². The number of hydrogen-bond donors (Lipinski definition) is 2. The van der Waals surface area contributed by atoms with Gasteiger partial charge in [-0.3, -0.25) is 0 Å². The lowest BCUT2D eigenvalue weighted by molar-refractivity contribution is 0.141. The Hall–Kier alpha value is -0.600. The summed E-state index contributed by atoms with van der Waals surface area (Å²) in [5, 5.41) is 18.5. The summed E-state index contributed by atoms with van der Waals surface area (Å²) in [5.74, 6) is 0. The van der Waals surface area contributed by atoms with Crippen LogP contribution in [0, 0.1) is 0 Å². The van der Waals surface area contributed by atoms with Gasteiger partial charge in [-0.1, -0.05) is 18.2 Å². The molecule has 2 unspecified atom stereocenters. The Balaban J connectivity index is 2.87. The predicted octanol–water partition coefficient (Wildman–Crippen LogP) is 0.614. The summed E-state index contributed by atoms with van der Waals surface area (Å²) in [5.41, 5.74) is -0.0679. The zero-order chi connectivity index (χ0) is 7.78. The van der Waals surface area contributed by atoms with E-state index < -0.39 is 11.7 Å². The summed E-state index contributed by atoms with van der Waals surface area (Å²) in [6.45, 7) is 3.49. The van der Waals surface area contributed by atoms with Crippen molar-refractivity contribution < 1.29 is 10.2 Å². The maximum atomic E-state index is 9.49. The highest BCUT2D eigenvalue weighted by Crippen LogP contribution is 2.22. The molecular formula is C8H12O2. The average Bonchev–Trinajstić information content (AvgIpc) is 1.81. The van der Waals surface area contributed by atoms with Gasteiger partial charge >= 0.3 is 0 Å². The molecule has 10 heavy (non-hydrogen) atoms. The minimum atomic E-state index is -0.862. The SMILES string of the molecule is CC1=CC(O)C=CC1(C)O. The quantitative estimate of drug-likeness (QED) is 0.484. The van der Waals surface area contributed by atoms with Crippen LogP contribution in [0.5, 0.6) is 0 Å². The van der Waals surface area contributed by atoms with E-state index in [0.29, 0.717) is 0 Å². The summed E-state index contributed by atoms with van der Waals surface area (Å²) in [4.78, 5) is 0. The third-order valence-electron chi connectivity index (χ3n) is 1.84. The molecule has 1 aliphatic carbocycles. The van der Waals surface area contributed by atoms with E-state index >= 15 is 0 Å². The molecule has 2 heteroatoms. The Labute approximate surface area is 60.5 Å². The molecule has 0 fully saturated rings. The topological polar surface area (TPSA) is 40.5 Å². The van der Waals surface area contributed by atoms with Gasteiger partial charge in [-0.05, 0) is 19.4 Å². The normalized spacial score (nSPS) is 39.6. The third-order valence-corrected chi connectivity index (χ3v) is 1.84. The van der Waals surface area contributed by atoms with Gasteiger partial charge in [-0.2, -0.15) is 0 Å². The molecule has 0 radical (unpaired) electrons. The number of rotatable bonds is 0. The van der Waals surface area contributed by atoms with Gasteiger partial charge in [0.25, 0.3) is 0 Å². The second-order valence-electron chi connectivity index (χ2n) is 2.85. The van der Waals surface area contributed by atoms with Crippen molar-refractivity contribution in [1.82, 2.24) is 0 Å². The lowest BCUT2D eigenvalue weighted by atomic mass is 9.91. The van der Waals surface area contributed by atoms with Crippen molar-refractivity contribution in [3.05, 3.63) is 23.8 Å². The van der Waals surface area contributed by atoms with Crippen LogP contribution in [0.1, 0.15) is 13.8 Å². The molecule has 0 amide bonds. The minimum absolute atomic E-state index is 0.528. The number of aliphatic hydroxyl groups is 2. The van der Waals surface area contributed by atoms with Gasteiger partial charge in [0.15, 0.2) is 0 Å². The Morgan fingerprint density at radius 3 is 2.60 bits per heavy atom. The Morgan fingerprint density at radius 2 is 2.20 bits per heavy atom. The van der Waals surface area contributed by atoms with Crippen LogP contribution in [0.4, 0.5) is 0 Å². The van der Waals surface area contributed by atoms with Crippen molar-refractivity contribution in [1.29, 1.82) is 0 Å². The Morgan fingerprint density at radius 1 is 1.60 bits per heavy atom. The first kappa shape index (κ1) is 7.51. The van der Waals surface area contributed by atoms with Crippen LogP contribution >= 0.6 is 0 Å². The maximum absolute atomic E-state index is 9.49. The van der Waals surface area contributed by atoms with E-state index in [1.807, 2.05) is 0 Å². The second-order valence-corrected chi connectivity index (χ2v) is 2.85. The molecule has 1 aliphatic rings. The molecule has 0 bridgehead atoms. The van der Waals surface area contributed by atoms with Crippen LogP contribution in [0.15, 0.2) is 23.8 Å². The standard InChI is InChI=1S/C8H12O2/c1-6-5-7(9)3-4-8(6,2)10/h3-5,7,9-10H,1-2H3. The first-order valence-electron chi connectivity index (χ1n) is 3.31. The zero-order valence-corrected chi connectivity index (χ0v) is 6.20. The van der Waals surface area contributed by atoms with Crippen molar-refractivity contribution >= 4 is 0 Å².